The van der Waals surface area contributed by atoms with Crippen LogP contribution in [-0.4, -0.2) is 6.54 Å². The fraction of sp³-hybridized carbons (Fsp3) is 0.692. The van der Waals surface area contributed by atoms with Gasteiger partial charge in [0.25, 0.3) is 0 Å². The van der Waals surface area contributed by atoms with Crippen LogP contribution in [0.25, 0.3) is 0 Å². The average Bonchev–Trinajstić information content (AvgIpc) is 2.78. The van der Waals surface area contributed by atoms with Crippen LogP contribution in [0.5, 0.6) is 0 Å². The molecule has 1 aliphatic carbocycles. The van der Waals surface area contributed by atoms with Crippen molar-refractivity contribution in [3.05, 3.63) is 21.9 Å². The molecule has 1 fully saturated rings. The molecule has 0 radical (unpaired) electrons. The highest BCUT2D eigenvalue weighted by molar-refractivity contribution is 7.10. The number of hydrogen-bond donors (Lipinski definition) is 1. The molecule has 0 unspecified atom stereocenters. The van der Waals surface area contributed by atoms with Crippen LogP contribution in [0.15, 0.2) is 11.4 Å². The first-order chi connectivity index (χ1) is 7.32. The molecular weight excluding hydrogens is 202 g/mol. The van der Waals surface area contributed by atoms with Crippen LogP contribution < -0.4 is 5.73 Å². The monoisotopic (exact) mass is 223 g/mol. The second-order valence-electron chi connectivity index (χ2n) is 4.67. The van der Waals surface area contributed by atoms with E-state index in [1.807, 2.05) is 11.3 Å². The summed E-state index contributed by atoms with van der Waals surface area (Å²) in [5.74, 6) is 0. The van der Waals surface area contributed by atoms with Gasteiger partial charge in [-0.05, 0) is 36.3 Å². The van der Waals surface area contributed by atoms with Crippen molar-refractivity contribution < 1.29 is 0 Å². The van der Waals surface area contributed by atoms with Gasteiger partial charge in [0.15, 0.2) is 0 Å². The smallest absolute Gasteiger partial charge is 0.0172 e. The summed E-state index contributed by atoms with van der Waals surface area (Å²) in [7, 11) is 0. The lowest BCUT2D eigenvalue weighted by molar-refractivity contribution is 0.304. The number of hydrogen-bond acceptors (Lipinski definition) is 2. The van der Waals surface area contributed by atoms with Crippen LogP contribution in [0.1, 0.15) is 49.5 Å². The molecule has 0 atom stereocenters. The summed E-state index contributed by atoms with van der Waals surface area (Å²) in [4.78, 5) is 1.59. The lowest BCUT2D eigenvalue weighted by Crippen LogP contribution is -2.37. The van der Waals surface area contributed by atoms with Crippen LogP contribution in [0, 0.1) is 0 Å². The van der Waals surface area contributed by atoms with E-state index < -0.39 is 0 Å². The van der Waals surface area contributed by atoms with E-state index in [1.54, 1.807) is 4.88 Å². The van der Waals surface area contributed by atoms with Gasteiger partial charge in [-0.1, -0.05) is 26.2 Å². The van der Waals surface area contributed by atoms with Crippen molar-refractivity contribution in [2.24, 2.45) is 5.73 Å². The second-order valence-corrected chi connectivity index (χ2v) is 5.59. The molecule has 1 heterocycles. The fourth-order valence-corrected chi connectivity index (χ4v) is 4.10. The van der Waals surface area contributed by atoms with E-state index in [1.165, 1.54) is 37.7 Å². The second kappa shape index (κ2) is 4.67. The van der Waals surface area contributed by atoms with E-state index in [2.05, 4.69) is 18.4 Å². The third-order valence-electron chi connectivity index (χ3n) is 3.81. The SMILES string of the molecule is CCc1ccsc1C1(CN)CCCCC1. The number of thiophene rings is 1. The van der Waals surface area contributed by atoms with Crippen molar-refractivity contribution in [1.82, 2.24) is 0 Å². The lowest BCUT2D eigenvalue weighted by atomic mass is 9.72. The maximum atomic E-state index is 6.06. The largest absolute Gasteiger partial charge is 0.330 e. The molecule has 15 heavy (non-hydrogen) atoms. The molecule has 1 aromatic rings. The highest BCUT2D eigenvalue weighted by Crippen LogP contribution is 2.42. The van der Waals surface area contributed by atoms with Gasteiger partial charge in [0.2, 0.25) is 0 Å². The van der Waals surface area contributed by atoms with Gasteiger partial charge in [0.1, 0.15) is 0 Å². The Bertz CT molecular complexity index is 310. The summed E-state index contributed by atoms with van der Waals surface area (Å²) in [6, 6.07) is 2.28. The molecule has 84 valence electrons. The zero-order chi connectivity index (χ0) is 10.7. The Morgan fingerprint density at radius 1 is 1.33 bits per heavy atom. The van der Waals surface area contributed by atoms with Crippen LogP contribution in [0.4, 0.5) is 0 Å². The third-order valence-corrected chi connectivity index (χ3v) is 5.01. The molecule has 0 amide bonds. The summed E-state index contributed by atoms with van der Waals surface area (Å²) >= 11 is 1.92. The molecule has 0 spiro atoms. The maximum Gasteiger partial charge on any atom is 0.0172 e. The summed E-state index contributed by atoms with van der Waals surface area (Å²) in [5, 5.41) is 2.24. The first-order valence-electron chi connectivity index (χ1n) is 6.09. The minimum atomic E-state index is 0.331. The number of aryl methyl sites for hydroxylation is 1. The van der Waals surface area contributed by atoms with Gasteiger partial charge in [0, 0.05) is 16.8 Å². The van der Waals surface area contributed by atoms with E-state index in [4.69, 9.17) is 5.73 Å². The molecule has 2 heteroatoms. The quantitative estimate of drug-likeness (QED) is 0.834. The molecule has 2 rings (SSSR count). The van der Waals surface area contributed by atoms with Crippen molar-refractivity contribution in [2.75, 3.05) is 6.54 Å². The zero-order valence-electron chi connectivity index (χ0n) is 9.59. The average molecular weight is 223 g/mol. The third kappa shape index (κ3) is 1.98. The summed E-state index contributed by atoms with van der Waals surface area (Å²) < 4.78 is 0. The van der Waals surface area contributed by atoms with E-state index in [0.717, 1.165) is 13.0 Å². The Morgan fingerprint density at radius 3 is 2.67 bits per heavy atom. The van der Waals surface area contributed by atoms with E-state index >= 15 is 0 Å². The topological polar surface area (TPSA) is 26.0 Å². The van der Waals surface area contributed by atoms with Gasteiger partial charge in [-0.3, -0.25) is 0 Å². The minimum Gasteiger partial charge on any atom is -0.330 e. The van der Waals surface area contributed by atoms with Crippen molar-refractivity contribution in [1.29, 1.82) is 0 Å². The van der Waals surface area contributed by atoms with Crippen molar-refractivity contribution >= 4 is 11.3 Å². The molecule has 2 N–H and O–H groups in total. The first kappa shape index (κ1) is 11.2. The van der Waals surface area contributed by atoms with Crippen LogP contribution in [0.3, 0.4) is 0 Å². The molecule has 0 saturated heterocycles. The zero-order valence-corrected chi connectivity index (χ0v) is 10.4. The Labute approximate surface area is 96.7 Å². The van der Waals surface area contributed by atoms with Gasteiger partial charge < -0.3 is 5.73 Å². The van der Waals surface area contributed by atoms with E-state index in [-0.39, 0.29) is 0 Å². The molecular formula is C13H21NS. The minimum absolute atomic E-state index is 0.331. The van der Waals surface area contributed by atoms with Crippen molar-refractivity contribution in [2.45, 2.75) is 50.9 Å². The molecule has 1 aromatic heterocycles. The van der Waals surface area contributed by atoms with Gasteiger partial charge in [-0.25, -0.2) is 0 Å². The first-order valence-corrected chi connectivity index (χ1v) is 6.97. The van der Waals surface area contributed by atoms with Gasteiger partial charge in [-0.15, -0.1) is 11.3 Å². The summed E-state index contributed by atoms with van der Waals surface area (Å²) in [5.41, 5.74) is 7.93. The molecule has 0 aromatic carbocycles. The molecule has 0 aliphatic heterocycles. The van der Waals surface area contributed by atoms with Crippen LogP contribution >= 0.6 is 11.3 Å². The molecule has 1 nitrogen and oxygen atoms in total. The maximum absolute atomic E-state index is 6.06. The summed E-state index contributed by atoms with van der Waals surface area (Å²) in [6.45, 7) is 3.08. The number of nitrogens with two attached hydrogens (primary N) is 1. The highest BCUT2D eigenvalue weighted by atomic mass is 32.1. The van der Waals surface area contributed by atoms with Gasteiger partial charge >= 0.3 is 0 Å². The number of rotatable bonds is 3. The van der Waals surface area contributed by atoms with Gasteiger partial charge in [-0.2, -0.15) is 0 Å². The fourth-order valence-electron chi connectivity index (χ4n) is 2.83. The Hall–Kier alpha value is -0.340. The van der Waals surface area contributed by atoms with E-state index in [0.29, 0.717) is 5.41 Å². The van der Waals surface area contributed by atoms with Crippen LogP contribution in [-0.2, 0) is 11.8 Å². The molecule has 1 aliphatic rings. The standard InChI is InChI=1S/C13H21NS/c1-2-11-6-9-15-12(11)13(10-14)7-4-3-5-8-13/h6,9H,2-5,7-8,10,14H2,1H3. The summed E-state index contributed by atoms with van der Waals surface area (Å²) in [6.07, 6.45) is 7.87. The van der Waals surface area contributed by atoms with Gasteiger partial charge in [0.05, 0.1) is 0 Å². The molecule has 1 saturated carbocycles. The van der Waals surface area contributed by atoms with Crippen molar-refractivity contribution in [3.8, 4) is 0 Å². The highest BCUT2D eigenvalue weighted by Gasteiger charge is 2.34. The van der Waals surface area contributed by atoms with Crippen LogP contribution in [0.2, 0.25) is 0 Å². The predicted octanol–water partition coefficient (Wildman–Crippen LogP) is 3.47. The van der Waals surface area contributed by atoms with E-state index in [9.17, 15) is 0 Å². The Balaban J connectivity index is 2.32. The normalized spacial score (nSPS) is 20.4. The lowest BCUT2D eigenvalue weighted by Gasteiger charge is -2.36. The predicted molar refractivity (Wildman–Crippen MR) is 67.5 cm³/mol. The molecule has 0 bridgehead atoms. The Morgan fingerprint density at radius 2 is 2.07 bits per heavy atom. The Kier molecular flexibility index (Phi) is 3.47. The van der Waals surface area contributed by atoms with Crippen molar-refractivity contribution in [3.63, 3.8) is 0 Å².